The van der Waals surface area contributed by atoms with E-state index >= 15 is 0 Å². The summed E-state index contributed by atoms with van der Waals surface area (Å²) < 4.78 is 16.3. The number of ether oxygens (including phenoxy) is 2. The van der Waals surface area contributed by atoms with Crippen molar-refractivity contribution in [3.8, 4) is 0 Å². The van der Waals surface area contributed by atoms with E-state index in [0.29, 0.717) is 31.9 Å². The van der Waals surface area contributed by atoms with Gasteiger partial charge in [-0.05, 0) is 24.5 Å². The second-order valence-electron chi connectivity index (χ2n) is 6.36. The van der Waals surface area contributed by atoms with Gasteiger partial charge >= 0.3 is 0 Å². The maximum atomic E-state index is 10.2. The van der Waals surface area contributed by atoms with Crippen molar-refractivity contribution in [2.75, 3.05) is 13.7 Å². The number of aromatic nitrogens is 2. The highest BCUT2D eigenvalue weighted by Crippen LogP contribution is 2.22. The Morgan fingerprint density at radius 2 is 2.32 bits per heavy atom. The van der Waals surface area contributed by atoms with Crippen molar-refractivity contribution in [3.05, 3.63) is 47.6 Å². The summed E-state index contributed by atoms with van der Waals surface area (Å²) in [6.07, 6.45) is 5.17. The van der Waals surface area contributed by atoms with Crippen LogP contribution in [0, 0.1) is 0 Å². The summed E-state index contributed by atoms with van der Waals surface area (Å²) in [5.41, 5.74) is 1.97. The van der Waals surface area contributed by atoms with Crippen molar-refractivity contribution in [2.45, 2.75) is 50.7 Å². The molecule has 25 heavy (non-hydrogen) atoms. The molecule has 0 radical (unpaired) electrons. The van der Waals surface area contributed by atoms with Gasteiger partial charge in [0.25, 0.3) is 0 Å². The van der Waals surface area contributed by atoms with Crippen LogP contribution in [0.25, 0.3) is 0 Å². The van der Waals surface area contributed by atoms with Crippen LogP contribution in [0.2, 0.25) is 0 Å². The van der Waals surface area contributed by atoms with E-state index in [-0.39, 0.29) is 12.2 Å². The van der Waals surface area contributed by atoms with Crippen molar-refractivity contribution in [1.82, 2.24) is 15.5 Å². The van der Waals surface area contributed by atoms with Crippen molar-refractivity contribution in [2.24, 2.45) is 0 Å². The second-order valence-corrected chi connectivity index (χ2v) is 6.36. The molecule has 0 bridgehead atoms. The molecule has 7 nitrogen and oxygen atoms in total. The summed E-state index contributed by atoms with van der Waals surface area (Å²) in [7, 11) is 1.62. The van der Waals surface area contributed by atoms with Crippen LogP contribution in [0.5, 0.6) is 0 Å². The minimum Gasteiger partial charge on any atom is -0.390 e. The molecule has 2 N–H and O–H groups in total. The molecule has 0 amide bonds. The maximum absolute atomic E-state index is 10.2. The predicted molar refractivity (Wildman–Crippen MR) is 90.8 cm³/mol. The molecule has 3 rings (SSSR count). The van der Waals surface area contributed by atoms with E-state index in [4.69, 9.17) is 14.0 Å². The number of methoxy groups -OCH3 is 1. The molecule has 0 aliphatic carbocycles. The first-order valence-corrected chi connectivity index (χ1v) is 8.61. The molecular weight excluding hydrogens is 322 g/mol. The van der Waals surface area contributed by atoms with Crippen molar-refractivity contribution in [1.29, 1.82) is 0 Å². The van der Waals surface area contributed by atoms with Crippen LogP contribution in [0.1, 0.15) is 29.9 Å². The Balaban J connectivity index is 1.47. The molecule has 136 valence electrons. The van der Waals surface area contributed by atoms with Crippen molar-refractivity contribution >= 4 is 0 Å². The molecule has 0 aromatic carbocycles. The largest absolute Gasteiger partial charge is 0.390 e. The summed E-state index contributed by atoms with van der Waals surface area (Å²) in [5.74, 6) is 0.711. The molecule has 7 heteroatoms. The molecule has 2 aromatic heterocycles. The lowest BCUT2D eigenvalue weighted by Gasteiger charge is -2.34. The fourth-order valence-electron chi connectivity index (χ4n) is 3.04. The number of rotatable bonds is 8. The van der Waals surface area contributed by atoms with Gasteiger partial charge in [0.1, 0.15) is 6.61 Å². The molecular formula is C18H25N3O4. The molecule has 1 aliphatic rings. The van der Waals surface area contributed by atoms with Crippen LogP contribution in [0.3, 0.4) is 0 Å². The Bertz CT molecular complexity index is 634. The van der Waals surface area contributed by atoms with Gasteiger partial charge in [-0.25, -0.2) is 0 Å². The third-order valence-electron chi connectivity index (χ3n) is 4.31. The topological polar surface area (TPSA) is 89.6 Å². The van der Waals surface area contributed by atoms with E-state index in [0.717, 1.165) is 24.1 Å². The first-order valence-electron chi connectivity index (χ1n) is 8.61. The van der Waals surface area contributed by atoms with E-state index in [1.807, 2.05) is 24.4 Å². The van der Waals surface area contributed by atoms with E-state index in [1.54, 1.807) is 13.3 Å². The Morgan fingerprint density at radius 1 is 1.40 bits per heavy atom. The molecule has 3 atom stereocenters. The Kier molecular flexibility index (Phi) is 6.52. The molecule has 1 fully saturated rings. The smallest absolute Gasteiger partial charge is 0.162 e. The van der Waals surface area contributed by atoms with Gasteiger partial charge in [-0.3, -0.25) is 4.98 Å². The summed E-state index contributed by atoms with van der Waals surface area (Å²) >= 11 is 0. The van der Waals surface area contributed by atoms with Gasteiger partial charge in [0.05, 0.1) is 24.0 Å². The van der Waals surface area contributed by atoms with Gasteiger partial charge in [0, 0.05) is 45.1 Å². The Morgan fingerprint density at radius 3 is 3.12 bits per heavy atom. The van der Waals surface area contributed by atoms with Crippen LogP contribution in [0.15, 0.2) is 35.1 Å². The van der Waals surface area contributed by atoms with E-state index < -0.39 is 6.10 Å². The van der Waals surface area contributed by atoms with Crippen molar-refractivity contribution in [3.63, 3.8) is 0 Å². The number of hydrogen-bond donors (Lipinski definition) is 2. The molecule has 0 spiro atoms. The Hall–Kier alpha value is -1.80. The summed E-state index contributed by atoms with van der Waals surface area (Å²) in [6.45, 7) is 1.72. The van der Waals surface area contributed by atoms with Gasteiger partial charge in [-0.1, -0.05) is 11.2 Å². The third-order valence-corrected chi connectivity index (χ3v) is 4.31. The van der Waals surface area contributed by atoms with Crippen molar-refractivity contribution < 1.29 is 19.1 Å². The quantitative estimate of drug-likeness (QED) is 0.747. The Labute approximate surface area is 147 Å². The highest BCUT2D eigenvalue weighted by molar-refractivity contribution is 5.08. The number of aliphatic hydroxyl groups excluding tert-OH is 1. The summed E-state index contributed by atoms with van der Waals surface area (Å²) in [6, 6.07) is 5.82. The van der Waals surface area contributed by atoms with Gasteiger partial charge in [0.15, 0.2) is 5.76 Å². The van der Waals surface area contributed by atoms with E-state index in [2.05, 4.69) is 15.5 Å². The normalized spacial score (nSPS) is 23.7. The van der Waals surface area contributed by atoms with Gasteiger partial charge in [-0.2, -0.15) is 0 Å². The molecule has 0 saturated carbocycles. The zero-order valence-corrected chi connectivity index (χ0v) is 14.4. The molecule has 3 heterocycles. The van der Waals surface area contributed by atoms with Crippen LogP contribution < -0.4 is 5.32 Å². The average Bonchev–Trinajstić information content (AvgIpc) is 3.06. The fraction of sp³-hybridized carbons (Fsp3) is 0.556. The first kappa shape index (κ1) is 18.0. The third kappa shape index (κ3) is 5.34. The standard InChI is InChI=1S/C18H25N3O4/c1-23-12-16-8-14(21-25-16)7-15-4-5-17(22)18(24-15)11-20-10-13-3-2-6-19-9-13/h2-3,6,8-9,15,17-18,20,22H,4-5,7,10-12H2,1H3/t15-,17-,18+/m0/s1. The highest BCUT2D eigenvalue weighted by Gasteiger charge is 2.30. The number of nitrogens with zero attached hydrogens (tertiary/aromatic N) is 2. The van der Waals surface area contributed by atoms with Gasteiger partial charge in [-0.15, -0.1) is 0 Å². The SMILES string of the molecule is COCc1cc(C[C@@H]2CC[C@H](O)[C@@H](CNCc3cccnc3)O2)no1. The predicted octanol–water partition coefficient (Wildman–Crippen LogP) is 1.46. The van der Waals surface area contributed by atoms with Crippen LogP contribution >= 0.6 is 0 Å². The number of hydrogen-bond acceptors (Lipinski definition) is 7. The van der Waals surface area contributed by atoms with E-state index in [1.165, 1.54) is 0 Å². The monoisotopic (exact) mass is 347 g/mol. The maximum Gasteiger partial charge on any atom is 0.162 e. The minimum atomic E-state index is -0.445. The lowest BCUT2D eigenvalue weighted by molar-refractivity contribution is -0.115. The van der Waals surface area contributed by atoms with E-state index in [9.17, 15) is 5.11 Å². The molecule has 1 aliphatic heterocycles. The van der Waals surface area contributed by atoms with Crippen LogP contribution in [-0.4, -0.2) is 47.2 Å². The summed E-state index contributed by atoms with van der Waals surface area (Å²) in [4.78, 5) is 4.09. The zero-order valence-electron chi connectivity index (χ0n) is 14.4. The second kappa shape index (κ2) is 9.05. The number of pyridine rings is 1. The average molecular weight is 347 g/mol. The molecule has 1 saturated heterocycles. The number of aliphatic hydroxyl groups is 1. The number of nitrogens with one attached hydrogen (secondary N) is 1. The van der Waals surface area contributed by atoms with Gasteiger partial charge in [0.2, 0.25) is 0 Å². The highest BCUT2D eigenvalue weighted by atomic mass is 16.5. The van der Waals surface area contributed by atoms with Crippen LogP contribution in [-0.2, 0) is 29.0 Å². The lowest BCUT2D eigenvalue weighted by atomic mass is 9.98. The molecule has 2 aromatic rings. The minimum absolute atomic E-state index is 0.0362. The summed E-state index contributed by atoms with van der Waals surface area (Å²) in [5, 5.41) is 17.6. The van der Waals surface area contributed by atoms with Gasteiger partial charge < -0.3 is 24.4 Å². The molecule has 0 unspecified atom stereocenters. The first-order chi connectivity index (χ1) is 12.2. The lowest BCUT2D eigenvalue weighted by Crippen LogP contribution is -2.45. The zero-order chi connectivity index (χ0) is 17.5. The van der Waals surface area contributed by atoms with Crippen LogP contribution in [0.4, 0.5) is 0 Å². The fourth-order valence-corrected chi connectivity index (χ4v) is 3.04.